The highest BCUT2D eigenvalue weighted by Crippen LogP contribution is 2.40. The molecule has 8 heteroatoms. The Balaban J connectivity index is 1.47. The number of carbonyl (C=O) groups is 1. The molecule has 0 spiro atoms. The normalized spacial score (nSPS) is 10.5. The second-order valence-electron chi connectivity index (χ2n) is 9.90. The van der Waals surface area contributed by atoms with Crippen LogP contribution in [0.1, 0.15) is 27.0 Å². The van der Waals surface area contributed by atoms with Gasteiger partial charge in [-0.15, -0.1) is 0 Å². The molecular formula is C37H34O8. The largest absolute Gasteiger partial charge is 0.489 e. The zero-order valence-electron chi connectivity index (χ0n) is 25.1. The van der Waals surface area contributed by atoms with Gasteiger partial charge in [-0.1, -0.05) is 91.0 Å². The van der Waals surface area contributed by atoms with Crippen molar-refractivity contribution in [2.45, 2.75) is 19.8 Å². The molecule has 0 amide bonds. The Morgan fingerprint density at radius 1 is 0.511 bits per heavy atom. The molecule has 0 radical (unpaired) electrons. The molecule has 5 rings (SSSR count). The Labute approximate surface area is 262 Å². The number of methoxy groups -OCH3 is 2. The van der Waals surface area contributed by atoms with Gasteiger partial charge in [0.15, 0.2) is 18.3 Å². The lowest BCUT2D eigenvalue weighted by molar-refractivity contribution is 0.0476. The van der Waals surface area contributed by atoms with E-state index in [1.165, 1.54) is 20.3 Å². The van der Waals surface area contributed by atoms with Crippen LogP contribution >= 0.6 is 0 Å². The third-order valence-corrected chi connectivity index (χ3v) is 6.60. The number of hydrogen-bond acceptors (Lipinski definition) is 8. The number of ether oxygens (including phenoxy) is 7. The highest BCUT2D eigenvalue weighted by atomic mass is 16.7. The fourth-order valence-corrected chi connectivity index (χ4v) is 4.36. The van der Waals surface area contributed by atoms with Gasteiger partial charge < -0.3 is 33.2 Å². The molecule has 0 aliphatic carbocycles. The van der Waals surface area contributed by atoms with E-state index in [0.717, 1.165) is 16.7 Å². The van der Waals surface area contributed by atoms with Gasteiger partial charge in [0.05, 0.1) is 7.11 Å². The van der Waals surface area contributed by atoms with Gasteiger partial charge in [0.1, 0.15) is 48.4 Å². The van der Waals surface area contributed by atoms with Gasteiger partial charge in [-0.3, -0.25) is 0 Å². The Morgan fingerprint density at radius 3 is 1.47 bits per heavy atom. The minimum absolute atomic E-state index is 0.0502. The van der Waals surface area contributed by atoms with Gasteiger partial charge in [-0.2, -0.15) is 0 Å². The zero-order valence-corrected chi connectivity index (χ0v) is 25.1. The van der Waals surface area contributed by atoms with E-state index in [9.17, 15) is 4.79 Å². The molecule has 0 aliphatic rings. The maximum absolute atomic E-state index is 12.9. The van der Waals surface area contributed by atoms with Gasteiger partial charge in [0.25, 0.3) is 0 Å². The van der Waals surface area contributed by atoms with E-state index in [1.807, 2.05) is 91.0 Å². The van der Waals surface area contributed by atoms with E-state index in [2.05, 4.69) is 0 Å². The van der Waals surface area contributed by atoms with E-state index in [1.54, 1.807) is 24.3 Å². The van der Waals surface area contributed by atoms with Crippen molar-refractivity contribution in [2.75, 3.05) is 21.0 Å². The van der Waals surface area contributed by atoms with Crippen molar-refractivity contribution in [1.82, 2.24) is 0 Å². The van der Waals surface area contributed by atoms with E-state index >= 15 is 0 Å². The molecule has 0 fully saturated rings. The van der Waals surface area contributed by atoms with Crippen LogP contribution in [0, 0.1) is 0 Å². The highest BCUT2D eigenvalue weighted by molar-refractivity contribution is 5.93. The smallest absolute Gasteiger partial charge is 0.341 e. The number of hydrogen-bond donors (Lipinski definition) is 0. The molecule has 0 atom stereocenters. The fraction of sp³-hybridized carbons (Fsp3) is 0.162. The van der Waals surface area contributed by atoms with Crippen LogP contribution in [0.25, 0.3) is 0 Å². The molecule has 230 valence electrons. The third kappa shape index (κ3) is 9.01. The summed E-state index contributed by atoms with van der Waals surface area (Å²) in [6.07, 6.45) is 0. The molecule has 0 N–H and O–H groups in total. The van der Waals surface area contributed by atoms with Crippen LogP contribution in [0.5, 0.6) is 34.5 Å². The Bertz CT molecular complexity index is 1600. The van der Waals surface area contributed by atoms with E-state index in [0.29, 0.717) is 42.0 Å². The standard InChI is InChI=1S/C37H34O8/c1-39-26-44-35-21-33(37(38)40-2)34(22-36(35)43-25-29-16-10-5-11-17-29)45-32-19-30(41-23-27-12-6-3-7-13-27)18-31(20-32)42-24-28-14-8-4-9-15-28/h3-22H,23-26H2,1-2H3. The summed E-state index contributed by atoms with van der Waals surface area (Å²) in [5.41, 5.74) is 3.11. The monoisotopic (exact) mass is 606 g/mol. The molecule has 5 aromatic rings. The van der Waals surface area contributed by atoms with Crippen molar-refractivity contribution in [1.29, 1.82) is 0 Å². The molecule has 0 heterocycles. The first-order chi connectivity index (χ1) is 22.1. The minimum atomic E-state index is -0.612. The molecule has 0 saturated heterocycles. The number of rotatable bonds is 15. The number of benzene rings is 5. The van der Waals surface area contributed by atoms with Crippen LogP contribution in [-0.4, -0.2) is 27.0 Å². The van der Waals surface area contributed by atoms with E-state index < -0.39 is 5.97 Å². The van der Waals surface area contributed by atoms with E-state index in [-0.39, 0.29) is 24.7 Å². The van der Waals surface area contributed by atoms with Crippen molar-refractivity contribution < 1.29 is 38.0 Å². The summed E-state index contributed by atoms with van der Waals surface area (Å²) < 4.78 is 40.6. The van der Waals surface area contributed by atoms with Gasteiger partial charge in [0, 0.05) is 37.4 Å². The van der Waals surface area contributed by atoms with Crippen LogP contribution in [0.2, 0.25) is 0 Å². The average molecular weight is 607 g/mol. The van der Waals surface area contributed by atoms with Gasteiger partial charge in [-0.25, -0.2) is 4.79 Å². The van der Waals surface area contributed by atoms with Crippen LogP contribution in [0.15, 0.2) is 121 Å². The van der Waals surface area contributed by atoms with Crippen molar-refractivity contribution >= 4 is 5.97 Å². The summed E-state index contributed by atoms with van der Waals surface area (Å²) in [6.45, 7) is 0.907. The first-order valence-electron chi connectivity index (χ1n) is 14.3. The quantitative estimate of drug-likeness (QED) is 0.0876. The van der Waals surface area contributed by atoms with Crippen molar-refractivity contribution in [3.63, 3.8) is 0 Å². The number of carbonyl (C=O) groups excluding carboxylic acids is 1. The molecule has 0 bridgehead atoms. The van der Waals surface area contributed by atoms with E-state index in [4.69, 9.17) is 33.2 Å². The second-order valence-corrected chi connectivity index (χ2v) is 9.90. The predicted octanol–water partition coefficient (Wildman–Crippen LogP) is 7.99. The van der Waals surface area contributed by atoms with Crippen LogP contribution < -0.4 is 23.7 Å². The lowest BCUT2D eigenvalue weighted by atomic mass is 10.1. The Hall–Kier alpha value is -5.47. The molecule has 5 aromatic carbocycles. The summed E-state index contributed by atoms with van der Waals surface area (Å²) in [5, 5.41) is 0. The van der Waals surface area contributed by atoms with Crippen LogP contribution in [-0.2, 0) is 29.3 Å². The van der Waals surface area contributed by atoms with Gasteiger partial charge in [-0.05, 0) is 16.7 Å². The SMILES string of the molecule is COCOc1cc(C(=O)OC)c(Oc2cc(OCc3ccccc3)cc(OCc3ccccc3)c2)cc1OCc1ccccc1. The first-order valence-corrected chi connectivity index (χ1v) is 14.3. The average Bonchev–Trinajstić information content (AvgIpc) is 3.09. The Morgan fingerprint density at radius 2 is 0.978 bits per heavy atom. The molecule has 45 heavy (non-hydrogen) atoms. The zero-order chi connectivity index (χ0) is 31.3. The number of esters is 1. The summed E-state index contributed by atoms with van der Waals surface area (Å²) in [7, 11) is 2.81. The fourth-order valence-electron chi connectivity index (χ4n) is 4.36. The molecular weight excluding hydrogens is 572 g/mol. The lowest BCUT2D eigenvalue weighted by Gasteiger charge is -2.18. The molecule has 0 aromatic heterocycles. The van der Waals surface area contributed by atoms with Gasteiger partial charge >= 0.3 is 5.97 Å². The minimum Gasteiger partial charge on any atom is -0.489 e. The van der Waals surface area contributed by atoms with Crippen LogP contribution in [0.4, 0.5) is 0 Å². The maximum atomic E-state index is 12.9. The molecule has 8 nitrogen and oxygen atoms in total. The molecule has 0 aliphatic heterocycles. The summed E-state index contributed by atoms with van der Waals surface area (Å²) in [6, 6.07) is 37.8. The van der Waals surface area contributed by atoms with Gasteiger partial charge in [0.2, 0.25) is 0 Å². The second kappa shape index (κ2) is 15.8. The van der Waals surface area contributed by atoms with Crippen molar-refractivity contribution in [3.05, 3.63) is 144 Å². The summed E-state index contributed by atoms with van der Waals surface area (Å²) >= 11 is 0. The first kappa shape index (κ1) is 31.0. The topological polar surface area (TPSA) is 81.7 Å². The van der Waals surface area contributed by atoms with Crippen LogP contribution in [0.3, 0.4) is 0 Å². The summed E-state index contributed by atoms with van der Waals surface area (Å²) in [5.74, 6) is 1.68. The molecule has 0 unspecified atom stereocenters. The molecule has 0 saturated carbocycles. The lowest BCUT2D eigenvalue weighted by Crippen LogP contribution is -2.08. The highest BCUT2D eigenvalue weighted by Gasteiger charge is 2.21. The third-order valence-electron chi connectivity index (χ3n) is 6.60. The summed E-state index contributed by atoms with van der Waals surface area (Å²) in [4.78, 5) is 12.9. The Kier molecular flexibility index (Phi) is 10.9. The van der Waals surface area contributed by atoms with Crippen molar-refractivity contribution in [3.8, 4) is 34.5 Å². The predicted molar refractivity (Wildman–Crippen MR) is 169 cm³/mol. The van der Waals surface area contributed by atoms with Crippen molar-refractivity contribution in [2.24, 2.45) is 0 Å². The maximum Gasteiger partial charge on any atom is 0.341 e.